The highest BCUT2D eigenvalue weighted by Crippen LogP contribution is 2.17. The Morgan fingerprint density at radius 2 is 1.93 bits per heavy atom. The third-order valence-corrected chi connectivity index (χ3v) is 1.94. The average Bonchev–Trinajstić information content (AvgIpc) is 2.15. The average molecular weight is 211 g/mol. The van der Waals surface area contributed by atoms with E-state index in [0.717, 1.165) is 16.8 Å². The molecule has 0 atom stereocenters. The van der Waals surface area contributed by atoms with E-state index in [1.165, 1.54) is 0 Å². The number of nitrogens with two attached hydrogens (primary N) is 2. The number of benzene rings is 1. The van der Waals surface area contributed by atoms with E-state index in [-0.39, 0.29) is 6.02 Å². The van der Waals surface area contributed by atoms with Crippen molar-refractivity contribution in [1.82, 2.24) is 0 Å². The molecule has 6 heteroatoms. The number of amides is 1. The van der Waals surface area contributed by atoms with Crippen LogP contribution < -0.4 is 11.5 Å². The second-order valence-electron chi connectivity index (χ2n) is 2.25. The molecule has 1 rings (SSSR count). The third-order valence-electron chi connectivity index (χ3n) is 1.19. The maximum atomic E-state index is 10.3. The molecule has 0 aliphatic carbocycles. The number of primary amides is 1. The van der Waals surface area contributed by atoms with E-state index in [1.54, 1.807) is 0 Å². The van der Waals surface area contributed by atoms with Gasteiger partial charge in [-0.2, -0.15) is 4.40 Å². The molecule has 0 bridgehead atoms. The van der Waals surface area contributed by atoms with Gasteiger partial charge in [-0.1, -0.05) is 18.2 Å². The van der Waals surface area contributed by atoms with Crippen molar-refractivity contribution in [1.29, 1.82) is 0 Å². The molecule has 0 unspecified atom stereocenters. The van der Waals surface area contributed by atoms with E-state index in [9.17, 15) is 4.79 Å². The lowest BCUT2D eigenvalue weighted by Gasteiger charge is -1.97. The van der Waals surface area contributed by atoms with Crippen LogP contribution in [0.4, 0.5) is 4.79 Å². The maximum Gasteiger partial charge on any atom is 0.412 e. The lowest BCUT2D eigenvalue weighted by molar-refractivity contribution is 0.207. The number of hydrogen-bond donors (Lipinski definition) is 2. The van der Waals surface area contributed by atoms with E-state index in [2.05, 4.69) is 9.13 Å². The number of hydrogen-bond acceptors (Lipinski definition) is 4. The Labute approximate surface area is 85.3 Å². The molecule has 0 saturated carbocycles. The van der Waals surface area contributed by atoms with Crippen LogP contribution in [0.15, 0.2) is 39.6 Å². The fourth-order valence-corrected chi connectivity index (χ4v) is 1.21. The van der Waals surface area contributed by atoms with Gasteiger partial charge in [0.15, 0.2) is 0 Å². The SMILES string of the molecule is NC(=O)O/C(N)=N/Sc1ccccc1. The summed E-state index contributed by atoms with van der Waals surface area (Å²) >= 11 is 1.10. The van der Waals surface area contributed by atoms with Gasteiger partial charge in [0, 0.05) is 16.8 Å². The first-order valence-corrected chi connectivity index (χ1v) is 4.48. The third kappa shape index (κ3) is 3.81. The van der Waals surface area contributed by atoms with Gasteiger partial charge in [0.2, 0.25) is 0 Å². The van der Waals surface area contributed by atoms with E-state index in [4.69, 9.17) is 11.5 Å². The molecule has 0 aliphatic rings. The van der Waals surface area contributed by atoms with Crippen molar-refractivity contribution in [3.05, 3.63) is 30.3 Å². The second-order valence-corrected chi connectivity index (χ2v) is 3.09. The summed E-state index contributed by atoms with van der Waals surface area (Å²) in [6.45, 7) is 0. The van der Waals surface area contributed by atoms with Crippen LogP contribution in [0.25, 0.3) is 0 Å². The normalized spacial score (nSPS) is 11.0. The standard InChI is InChI=1S/C8H9N3O2S/c9-7(13-8(10)12)11-14-6-4-2-1-3-5-6/h1-5H,(H2,9,11)(H2,10,12). The summed E-state index contributed by atoms with van der Waals surface area (Å²) in [5.41, 5.74) is 9.96. The summed E-state index contributed by atoms with van der Waals surface area (Å²) in [6.07, 6.45) is -0.972. The van der Waals surface area contributed by atoms with Crippen molar-refractivity contribution in [3.8, 4) is 0 Å². The van der Waals surface area contributed by atoms with Crippen LogP contribution in [-0.2, 0) is 4.74 Å². The summed E-state index contributed by atoms with van der Waals surface area (Å²) in [5, 5.41) is 0. The first-order valence-electron chi connectivity index (χ1n) is 3.71. The number of rotatable bonds is 2. The van der Waals surface area contributed by atoms with Gasteiger partial charge in [0.1, 0.15) is 0 Å². The molecule has 0 aromatic heterocycles. The Balaban J connectivity index is 2.51. The quantitative estimate of drug-likeness (QED) is 0.435. The van der Waals surface area contributed by atoms with Gasteiger partial charge >= 0.3 is 12.1 Å². The molecule has 1 amide bonds. The van der Waals surface area contributed by atoms with Crippen LogP contribution >= 0.6 is 11.9 Å². The van der Waals surface area contributed by atoms with E-state index in [1.807, 2.05) is 30.3 Å². The van der Waals surface area contributed by atoms with Gasteiger partial charge in [0.25, 0.3) is 0 Å². The molecule has 0 fully saturated rings. The minimum Gasteiger partial charge on any atom is -0.376 e. The second kappa shape index (κ2) is 5.13. The molecule has 0 saturated heterocycles. The molecule has 0 spiro atoms. The van der Waals surface area contributed by atoms with Gasteiger partial charge in [-0.3, -0.25) is 0 Å². The Morgan fingerprint density at radius 3 is 2.50 bits per heavy atom. The number of nitrogens with zero attached hydrogens (tertiary/aromatic N) is 1. The van der Waals surface area contributed by atoms with Gasteiger partial charge in [-0.05, 0) is 12.1 Å². The molecule has 1 aromatic rings. The van der Waals surface area contributed by atoms with Crippen LogP contribution in [0.2, 0.25) is 0 Å². The molecule has 14 heavy (non-hydrogen) atoms. The van der Waals surface area contributed by atoms with E-state index >= 15 is 0 Å². The zero-order chi connectivity index (χ0) is 10.4. The summed E-state index contributed by atoms with van der Waals surface area (Å²) in [7, 11) is 0. The number of ether oxygens (including phenoxy) is 1. The van der Waals surface area contributed by atoms with Crippen LogP contribution in [0.1, 0.15) is 0 Å². The summed E-state index contributed by atoms with van der Waals surface area (Å²) in [5.74, 6) is 0. The van der Waals surface area contributed by atoms with Crippen LogP contribution in [-0.4, -0.2) is 12.1 Å². The van der Waals surface area contributed by atoms with Crippen molar-refractivity contribution in [3.63, 3.8) is 0 Å². The molecule has 0 heterocycles. The zero-order valence-electron chi connectivity index (χ0n) is 7.21. The van der Waals surface area contributed by atoms with Crippen molar-refractivity contribution in [2.75, 3.05) is 0 Å². The van der Waals surface area contributed by atoms with Gasteiger partial charge < -0.3 is 16.2 Å². The van der Waals surface area contributed by atoms with Gasteiger partial charge in [-0.15, -0.1) is 0 Å². The van der Waals surface area contributed by atoms with Crippen molar-refractivity contribution >= 4 is 24.1 Å². The Morgan fingerprint density at radius 1 is 1.29 bits per heavy atom. The zero-order valence-corrected chi connectivity index (χ0v) is 8.03. The maximum absolute atomic E-state index is 10.3. The van der Waals surface area contributed by atoms with Crippen LogP contribution in [0.5, 0.6) is 0 Å². The molecule has 0 aliphatic heterocycles. The van der Waals surface area contributed by atoms with Crippen molar-refractivity contribution in [2.45, 2.75) is 4.90 Å². The van der Waals surface area contributed by atoms with Gasteiger partial charge in [0.05, 0.1) is 0 Å². The smallest absolute Gasteiger partial charge is 0.376 e. The van der Waals surface area contributed by atoms with E-state index in [0.29, 0.717) is 0 Å². The predicted octanol–water partition coefficient (Wildman–Crippen LogP) is 1.10. The molecule has 0 radical (unpaired) electrons. The Bertz CT molecular complexity index is 340. The largest absolute Gasteiger partial charge is 0.412 e. The minimum atomic E-state index is -0.972. The molecule has 4 N–H and O–H groups in total. The van der Waals surface area contributed by atoms with Crippen LogP contribution in [0, 0.1) is 0 Å². The summed E-state index contributed by atoms with van der Waals surface area (Å²) < 4.78 is 8.04. The van der Waals surface area contributed by atoms with Crippen molar-refractivity contribution < 1.29 is 9.53 Å². The summed E-state index contributed by atoms with van der Waals surface area (Å²) in [4.78, 5) is 11.1. The fourth-order valence-electron chi connectivity index (χ4n) is 0.701. The number of amidine groups is 1. The molecule has 5 nitrogen and oxygen atoms in total. The summed E-state index contributed by atoms with van der Waals surface area (Å²) in [6, 6.07) is 9.06. The fraction of sp³-hybridized carbons (Fsp3) is 0. The Kier molecular flexibility index (Phi) is 3.81. The lowest BCUT2D eigenvalue weighted by Crippen LogP contribution is -2.24. The number of carbonyl (C=O) groups excluding carboxylic acids is 1. The minimum absolute atomic E-state index is 0.258. The predicted molar refractivity (Wildman–Crippen MR) is 54.6 cm³/mol. The molecular weight excluding hydrogens is 202 g/mol. The Hall–Kier alpha value is -1.69. The molecule has 74 valence electrons. The number of carbonyl (C=O) groups is 1. The van der Waals surface area contributed by atoms with E-state index < -0.39 is 6.09 Å². The first kappa shape index (κ1) is 10.4. The monoisotopic (exact) mass is 211 g/mol. The van der Waals surface area contributed by atoms with Crippen molar-refractivity contribution in [2.24, 2.45) is 15.9 Å². The molecule has 1 aromatic carbocycles. The van der Waals surface area contributed by atoms with Crippen LogP contribution in [0.3, 0.4) is 0 Å². The van der Waals surface area contributed by atoms with Gasteiger partial charge in [-0.25, -0.2) is 4.79 Å². The topological polar surface area (TPSA) is 90.7 Å². The molecular formula is C8H9N3O2S. The highest BCUT2D eigenvalue weighted by atomic mass is 32.2. The first-order chi connectivity index (χ1) is 6.68. The highest BCUT2D eigenvalue weighted by molar-refractivity contribution is 7.98. The lowest BCUT2D eigenvalue weighted by atomic mass is 10.4. The highest BCUT2D eigenvalue weighted by Gasteiger charge is 1.98.